The molecule has 0 saturated carbocycles. The molecule has 1 heterocycles. The lowest BCUT2D eigenvalue weighted by molar-refractivity contribution is -0.122. The summed E-state index contributed by atoms with van der Waals surface area (Å²) in [7, 11) is 0. The number of nitrogens with zero attached hydrogens (tertiary/aromatic N) is 3. The lowest BCUT2D eigenvalue weighted by atomic mass is 9.76. The molecule has 1 aliphatic rings. The van der Waals surface area contributed by atoms with Gasteiger partial charge in [-0.2, -0.15) is 15.6 Å². The summed E-state index contributed by atoms with van der Waals surface area (Å²) < 4.78 is 13.0. The molecule has 0 aromatic heterocycles. The molecule has 1 amide bonds. The third-order valence-electron chi connectivity index (χ3n) is 3.33. The van der Waals surface area contributed by atoms with E-state index in [1.165, 1.54) is 24.3 Å². The maximum Gasteiger partial charge on any atom is 0.249 e. The van der Waals surface area contributed by atoms with Crippen molar-refractivity contribution in [3.8, 4) is 12.1 Å². The number of hydrogen-bond donors (Lipinski definition) is 1. The monoisotopic (exact) mass is 270 g/mol. The van der Waals surface area contributed by atoms with Gasteiger partial charge < -0.3 is 0 Å². The van der Waals surface area contributed by atoms with Crippen molar-refractivity contribution in [2.45, 2.75) is 12.8 Å². The van der Waals surface area contributed by atoms with Gasteiger partial charge in [-0.3, -0.25) is 4.79 Å². The summed E-state index contributed by atoms with van der Waals surface area (Å²) in [5.41, 5.74) is 3.42. The van der Waals surface area contributed by atoms with Crippen molar-refractivity contribution in [1.82, 2.24) is 5.43 Å². The van der Waals surface area contributed by atoms with Gasteiger partial charge in [0.05, 0.1) is 18.1 Å². The summed E-state index contributed by atoms with van der Waals surface area (Å²) in [5, 5.41) is 22.1. The highest BCUT2D eigenvalue weighted by molar-refractivity contribution is 6.07. The number of hydrogen-bond acceptors (Lipinski definition) is 4. The van der Waals surface area contributed by atoms with Crippen LogP contribution in [0.5, 0.6) is 0 Å². The molecule has 0 saturated heterocycles. The Labute approximate surface area is 115 Å². The van der Waals surface area contributed by atoms with Crippen LogP contribution < -0.4 is 5.43 Å². The summed E-state index contributed by atoms with van der Waals surface area (Å²) in [6.07, 6.45) is 0. The summed E-state index contributed by atoms with van der Waals surface area (Å²) >= 11 is 0. The van der Waals surface area contributed by atoms with Crippen LogP contribution in [-0.2, 0) is 4.79 Å². The molecule has 1 N–H and O–H groups in total. The average molecular weight is 270 g/mol. The summed E-state index contributed by atoms with van der Waals surface area (Å²) in [4.78, 5) is 11.9. The predicted octanol–water partition coefficient (Wildman–Crippen LogP) is 1.69. The fourth-order valence-corrected chi connectivity index (χ4v) is 2.35. The van der Waals surface area contributed by atoms with Crippen LogP contribution in [0.3, 0.4) is 0 Å². The van der Waals surface area contributed by atoms with Gasteiger partial charge in [0.1, 0.15) is 11.7 Å². The normalized spacial score (nSPS) is 18.9. The Kier molecular flexibility index (Phi) is 3.76. The number of hydrazone groups is 1. The lowest BCUT2D eigenvalue weighted by Crippen LogP contribution is -2.32. The zero-order valence-electron chi connectivity index (χ0n) is 10.7. The van der Waals surface area contributed by atoms with Gasteiger partial charge in [-0.25, -0.2) is 9.82 Å². The Morgan fingerprint density at radius 3 is 2.35 bits per heavy atom. The Balaban J connectivity index is 2.48. The van der Waals surface area contributed by atoms with Crippen molar-refractivity contribution >= 4 is 11.6 Å². The minimum absolute atomic E-state index is 0.354. The topological polar surface area (TPSA) is 89.0 Å². The molecule has 0 spiro atoms. The van der Waals surface area contributed by atoms with Crippen molar-refractivity contribution in [2.75, 3.05) is 0 Å². The molecule has 0 fully saturated rings. The van der Waals surface area contributed by atoms with Crippen LogP contribution in [0.25, 0.3) is 0 Å². The number of nitriles is 2. The molecule has 0 aliphatic carbocycles. The number of carbonyl (C=O) groups excluding carboxylic acids is 1. The summed E-state index contributed by atoms with van der Waals surface area (Å²) in [5.74, 6) is -3.15. The van der Waals surface area contributed by atoms with E-state index >= 15 is 0 Å². The summed E-state index contributed by atoms with van der Waals surface area (Å²) in [6, 6.07) is 9.25. The second-order valence-corrected chi connectivity index (χ2v) is 4.52. The second kappa shape index (κ2) is 5.50. The van der Waals surface area contributed by atoms with Crippen LogP contribution in [0.2, 0.25) is 0 Å². The Morgan fingerprint density at radius 2 is 1.90 bits per heavy atom. The first-order chi connectivity index (χ1) is 9.58. The molecule has 20 heavy (non-hydrogen) atoms. The Morgan fingerprint density at radius 1 is 1.30 bits per heavy atom. The van der Waals surface area contributed by atoms with E-state index in [4.69, 9.17) is 10.5 Å². The first-order valence-corrected chi connectivity index (χ1v) is 5.97. The SMILES string of the molecule is CC1=NNC(=O)[C@H]1[C@H](c1ccc(F)cc1)C(C#N)C#N. The maximum absolute atomic E-state index is 13.0. The quantitative estimate of drug-likeness (QED) is 0.906. The van der Waals surface area contributed by atoms with E-state index < -0.39 is 23.6 Å². The standard InChI is InChI=1S/C14H11FN4O/c1-8-12(14(20)19-18-8)13(10(6-16)7-17)9-2-4-11(15)5-3-9/h2-5,10,12-13H,1H3,(H,19,20)/t12-,13-/m1/s1. The van der Waals surface area contributed by atoms with Gasteiger partial charge in [-0.1, -0.05) is 12.1 Å². The van der Waals surface area contributed by atoms with Crippen LogP contribution in [0.1, 0.15) is 18.4 Å². The van der Waals surface area contributed by atoms with Crippen LogP contribution in [-0.4, -0.2) is 11.6 Å². The van der Waals surface area contributed by atoms with E-state index in [1.54, 1.807) is 6.92 Å². The van der Waals surface area contributed by atoms with E-state index in [2.05, 4.69) is 10.5 Å². The molecule has 1 aromatic carbocycles. The van der Waals surface area contributed by atoms with E-state index in [0.29, 0.717) is 11.3 Å². The van der Waals surface area contributed by atoms with Crippen molar-refractivity contribution in [1.29, 1.82) is 10.5 Å². The molecule has 2 rings (SSSR count). The average Bonchev–Trinajstić information content (AvgIpc) is 2.77. The molecule has 1 aliphatic heterocycles. The highest BCUT2D eigenvalue weighted by atomic mass is 19.1. The molecule has 0 radical (unpaired) electrons. The number of nitrogens with one attached hydrogen (secondary N) is 1. The zero-order valence-corrected chi connectivity index (χ0v) is 10.7. The third-order valence-corrected chi connectivity index (χ3v) is 3.33. The van der Waals surface area contributed by atoms with E-state index in [9.17, 15) is 9.18 Å². The number of halogens is 1. The molecule has 100 valence electrons. The van der Waals surface area contributed by atoms with Crippen molar-refractivity contribution in [3.63, 3.8) is 0 Å². The zero-order chi connectivity index (χ0) is 14.7. The summed E-state index contributed by atoms with van der Waals surface area (Å²) in [6.45, 7) is 1.66. The van der Waals surface area contributed by atoms with Crippen LogP contribution in [0, 0.1) is 40.3 Å². The van der Waals surface area contributed by atoms with Gasteiger partial charge in [0.15, 0.2) is 0 Å². The molecule has 6 heteroatoms. The lowest BCUT2D eigenvalue weighted by Gasteiger charge is -2.23. The van der Waals surface area contributed by atoms with E-state index in [1.807, 2.05) is 12.1 Å². The number of carbonyl (C=O) groups is 1. The fourth-order valence-electron chi connectivity index (χ4n) is 2.35. The highest BCUT2D eigenvalue weighted by Gasteiger charge is 2.40. The minimum Gasteiger partial charge on any atom is -0.272 e. The first-order valence-electron chi connectivity index (χ1n) is 5.97. The van der Waals surface area contributed by atoms with E-state index in [-0.39, 0.29) is 5.91 Å². The van der Waals surface area contributed by atoms with E-state index in [0.717, 1.165) is 0 Å². The van der Waals surface area contributed by atoms with Gasteiger partial charge >= 0.3 is 0 Å². The largest absolute Gasteiger partial charge is 0.272 e. The molecule has 0 bridgehead atoms. The fraction of sp³-hybridized carbons (Fsp3) is 0.286. The van der Waals surface area contributed by atoms with Gasteiger partial charge in [0, 0.05) is 11.6 Å². The highest BCUT2D eigenvalue weighted by Crippen LogP contribution is 2.34. The van der Waals surface area contributed by atoms with Gasteiger partial charge in [-0.15, -0.1) is 0 Å². The molecule has 2 atom stereocenters. The number of rotatable bonds is 3. The second-order valence-electron chi connectivity index (χ2n) is 4.52. The van der Waals surface area contributed by atoms with Gasteiger partial charge in [0.25, 0.3) is 0 Å². The minimum atomic E-state index is -1.01. The molecule has 1 aromatic rings. The Bertz CT molecular complexity index is 625. The number of benzene rings is 1. The molecule has 0 unspecified atom stereocenters. The number of amides is 1. The first kappa shape index (κ1) is 13.7. The van der Waals surface area contributed by atoms with Crippen LogP contribution in [0.15, 0.2) is 29.4 Å². The van der Waals surface area contributed by atoms with Crippen molar-refractivity contribution < 1.29 is 9.18 Å². The van der Waals surface area contributed by atoms with Crippen LogP contribution in [0.4, 0.5) is 4.39 Å². The van der Waals surface area contributed by atoms with Gasteiger partial charge in [-0.05, 0) is 24.6 Å². The Hall–Kier alpha value is -2.73. The van der Waals surface area contributed by atoms with Crippen molar-refractivity contribution in [2.24, 2.45) is 16.9 Å². The third kappa shape index (κ3) is 2.36. The van der Waals surface area contributed by atoms with Crippen molar-refractivity contribution in [3.05, 3.63) is 35.6 Å². The molecule has 5 nitrogen and oxygen atoms in total. The molecular formula is C14H11FN4O. The van der Waals surface area contributed by atoms with Crippen LogP contribution >= 0.6 is 0 Å². The molecular weight excluding hydrogens is 259 g/mol. The van der Waals surface area contributed by atoms with Gasteiger partial charge in [0.2, 0.25) is 5.91 Å². The predicted molar refractivity (Wildman–Crippen MR) is 68.6 cm³/mol. The smallest absolute Gasteiger partial charge is 0.249 e. The maximum atomic E-state index is 13.0.